The van der Waals surface area contributed by atoms with Gasteiger partial charge >= 0.3 is 0 Å². The topological polar surface area (TPSA) is 45.5 Å². The van der Waals surface area contributed by atoms with Gasteiger partial charge in [-0.1, -0.05) is 0 Å². The number of furan rings is 1. The second-order valence-corrected chi connectivity index (χ2v) is 9.71. The van der Waals surface area contributed by atoms with Gasteiger partial charge < -0.3 is 9.73 Å². The molecule has 0 spiro atoms. The molecule has 1 amide bonds. The Balaban J connectivity index is 1.10. The molecule has 4 saturated carbocycles. The highest BCUT2D eigenvalue weighted by Crippen LogP contribution is 2.60. The molecular formula is C22H32N2O2. The standard InChI is InChI=1S/C22H32N2O2/c25-21(22-11-17-8-18(12-22)10-19(9-17)13-22)23-14-16-3-5-24(6-4-16)15-20-2-1-7-26-20/h1-2,7,16-19H,3-6,8-15H2,(H,23,25). The highest BCUT2D eigenvalue weighted by atomic mass is 16.3. The van der Waals surface area contributed by atoms with E-state index in [0.717, 1.165) is 49.7 Å². The van der Waals surface area contributed by atoms with E-state index in [4.69, 9.17) is 4.42 Å². The number of rotatable bonds is 5. The summed E-state index contributed by atoms with van der Waals surface area (Å²) in [4.78, 5) is 15.5. The Morgan fingerprint density at radius 2 is 1.77 bits per heavy atom. The number of carbonyl (C=O) groups excluding carboxylic acids is 1. The normalized spacial score (nSPS) is 37.2. The molecule has 1 aromatic heterocycles. The molecule has 4 aliphatic carbocycles. The minimum absolute atomic E-state index is 0.00867. The molecule has 2 heterocycles. The van der Waals surface area contributed by atoms with Gasteiger partial charge in [0.25, 0.3) is 0 Å². The summed E-state index contributed by atoms with van der Waals surface area (Å²) in [6, 6.07) is 4.01. The van der Waals surface area contributed by atoms with Crippen molar-refractivity contribution in [2.75, 3.05) is 19.6 Å². The van der Waals surface area contributed by atoms with Crippen molar-refractivity contribution in [3.8, 4) is 0 Å². The van der Waals surface area contributed by atoms with E-state index in [1.165, 1.54) is 51.4 Å². The first-order valence-corrected chi connectivity index (χ1v) is 10.7. The Morgan fingerprint density at radius 1 is 1.12 bits per heavy atom. The third kappa shape index (κ3) is 3.21. The van der Waals surface area contributed by atoms with Gasteiger partial charge in [-0.2, -0.15) is 0 Å². The van der Waals surface area contributed by atoms with E-state index in [1.807, 2.05) is 6.07 Å². The average Bonchev–Trinajstić information content (AvgIpc) is 3.13. The Labute approximate surface area is 156 Å². The van der Waals surface area contributed by atoms with Gasteiger partial charge in [-0.3, -0.25) is 9.69 Å². The molecule has 4 nitrogen and oxygen atoms in total. The molecule has 4 bridgehead atoms. The minimum atomic E-state index is 0.00867. The van der Waals surface area contributed by atoms with Crippen LogP contribution in [0, 0.1) is 29.1 Å². The molecule has 1 aliphatic heterocycles. The summed E-state index contributed by atoms with van der Waals surface area (Å²) in [6.07, 6.45) is 11.8. The molecule has 1 aromatic rings. The van der Waals surface area contributed by atoms with Gasteiger partial charge in [-0.25, -0.2) is 0 Å². The average molecular weight is 357 g/mol. The molecule has 0 aromatic carbocycles. The van der Waals surface area contributed by atoms with E-state index in [0.29, 0.717) is 11.8 Å². The number of nitrogens with one attached hydrogen (secondary N) is 1. The fourth-order valence-corrected chi connectivity index (χ4v) is 6.78. The number of piperidine rings is 1. The summed E-state index contributed by atoms with van der Waals surface area (Å²) in [5.74, 6) is 4.62. The molecule has 26 heavy (non-hydrogen) atoms. The van der Waals surface area contributed by atoms with Crippen LogP contribution >= 0.6 is 0 Å². The van der Waals surface area contributed by atoms with Gasteiger partial charge in [0.15, 0.2) is 0 Å². The van der Waals surface area contributed by atoms with Crippen molar-refractivity contribution in [3.63, 3.8) is 0 Å². The lowest BCUT2D eigenvalue weighted by Crippen LogP contribution is -2.54. The number of hydrogen-bond donors (Lipinski definition) is 1. The smallest absolute Gasteiger partial charge is 0.226 e. The summed E-state index contributed by atoms with van der Waals surface area (Å²) in [5, 5.41) is 3.39. The highest BCUT2D eigenvalue weighted by Gasteiger charge is 2.54. The zero-order chi connectivity index (χ0) is 17.6. The van der Waals surface area contributed by atoms with E-state index < -0.39 is 0 Å². The maximum absolute atomic E-state index is 13.1. The van der Waals surface area contributed by atoms with E-state index in [-0.39, 0.29) is 5.41 Å². The number of carbonyl (C=O) groups is 1. The van der Waals surface area contributed by atoms with Crippen molar-refractivity contribution < 1.29 is 9.21 Å². The first-order chi connectivity index (χ1) is 12.7. The molecule has 5 fully saturated rings. The maximum Gasteiger partial charge on any atom is 0.226 e. The quantitative estimate of drug-likeness (QED) is 0.872. The summed E-state index contributed by atoms with van der Waals surface area (Å²) in [7, 11) is 0. The maximum atomic E-state index is 13.1. The van der Waals surface area contributed by atoms with Crippen LogP contribution < -0.4 is 5.32 Å². The molecule has 5 aliphatic rings. The molecule has 4 heteroatoms. The number of likely N-dealkylation sites (tertiary alicyclic amines) is 1. The van der Waals surface area contributed by atoms with Crippen LogP contribution in [0.5, 0.6) is 0 Å². The third-order valence-electron chi connectivity index (χ3n) is 7.74. The second-order valence-electron chi connectivity index (χ2n) is 9.71. The van der Waals surface area contributed by atoms with Gasteiger partial charge in [0.1, 0.15) is 5.76 Å². The van der Waals surface area contributed by atoms with Crippen LogP contribution in [-0.4, -0.2) is 30.4 Å². The molecule has 1 saturated heterocycles. The zero-order valence-electron chi connectivity index (χ0n) is 15.8. The van der Waals surface area contributed by atoms with Crippen LogP contribution in [0.4, 0.5) is 0 Å². The second kappa shape index (κ2) is 6.70. The summed E-state index contributed by atoms with van der Waals surface area (Å²) >= 11 is 0. The molecular weight excluding hydrogens is 324 g/mol. The number of hydrogen-bond acceptors (Lipinski definition) is 3. The first-order valence-electron chi connectivity index (χ1n) is 10.7. The third-order valence-corrected chi connectivity index (χ3v) is 7.74. The zero-order valence-corrected chi connectivity index (χ0v) is 15.8. The van der Waals surface area contributed by atoms with E-state index >= 15 is 0 Å². The SMILES string of the molecule is O=C(NCC1CCN(Cc2ccco2)CC1)C12CC3CC(CC(C3)C1)C2. The van der Waals surface area contributed by atoms with E-state index in [2.05, 4.69) is 16.3 Å². The van der Waals surface area contributed by atoms with Crippen molar-refractivity contribution in [2.24, 2.45) is 29.1 Å². The monoisotopic (exact) mass is 356 g/mol. The Hall–Kier alpha value is -1.29. The number of amides is 1. The molecule has 0 radical (unpaired) electrons. The van der Waals surface area contributed by atoms with Crippen molar-refractivity contribution in [3.05, 3.63) is 24.2 Å². The van der Waals surface area contributed by atoms with Crippen LogP contribution in [0.2, 0.25) is 0 Å². The van der Waals surface area contributed by atoms with Gasteiger partial charge in [0.05, 0.1) is 12.8 Å². The van der Waals surface area contributed by atoms with Gasteiger partial charge in [-0.05, 0) is 100 Å². The highest BCUT2D eigenvalue weighted by molar-refractivity contribution is 5.83. The van der Waals surface area contributed by atoms with Crippen LogP contribution in [0.25, 0.3) is 0 Å². The lowest BCUT2D eigenvalue weighted by Gasteiger charge is -2.55. The van der Waals surface area contributed by atoms with Crippen LogP contribution in [-0.2, 0) is 11.3 Å². The van der Waals surface area contributed by atoms with Crippen molar-refractivity contribution >= 4 is 5.91 Å². The van der Waals surface area contributed by atoms with Gasteiger partial charge in [0, 0.05) is 12.0 Å². The molecule has 1 N–H and O–H groups in total. The van der Waals surface area contributed by atoms with E-state index in [1.54, 1.807) is 6.26 Å². The van der Waals surface area contributed by atoms with Crippen LogP contribution in [0.3, 0.4) is 0 Å². The van der Waals surface area contributed by atoms with Crippen molar-refractivity contribution in [1.29, 1.82) is 0 Å². The van der Waals surface area contributed by atoms with Crippen molar-refractivity contribution in [2.45, 2.75) is 57.9 Å². The van der Waals surface area contributed by atoms with Gasteiger partial charge in [0.2, 0.25) is 5.91 Å². The predicted octanol–water partition coefficient (Wildman–Crippen LogP) is 3.82. The van der Waals surface area contributed by atoms with Crippen molar-refractivity contribution in [1.82, 2.24) is 10.2 Å². The summed E-state index contributed by atoms with van der Waals surface area (Å²) in [5.41, 5.74) is 0.00867. The van der Waals surface area contributed by atoms with Crippen LogP contribution in [0.1, 0.15) is 57.1 Å². The summed E-state index contributed by atoms with van der Waals surface area (Å²) < 4.78 is 5.46. The predicted molar refractivity (Wildman–Crippen MR) is 100 cm³/mol. The fraction of sp³-hybridized carbons (Fsp3) is 0.773. The Bertz CT molecular complexity index is 595. The Kier molecular flexibility index (Phi) is 4.35. The molecule has 142 valence electrons. The number of nitrogens with zero attached hydrogens (tertiary/aromatic N) is 1. The lowest BCUT2D eigenvalue weighted by atomic mass is 9.49. The van der Waals surface area contributed by atoms with Gasteiger partial charge in [-0.15, -0.1) is 0 Å². The molecule has 0 atom stereocenters. The lowest BCUT2D eigenvalue weighted by molar-refractivity contribution is -0.146. The Morgan fingerprint density at radius 3 is 2.35 bits per heavy atom. The fourth-order valence-electron chi connectivity index (χ4n) is 6.78. The molecule has 0 unspecified atom stereocenters. The van der Waals surface area contributed by atoms with E-state index in [9.17, 15) is 4.79 Å². The molecule has 6 rings (SSSR count). The minimum Gasteiger partial charge on any atom is -0.468 e. The van der Waals surface area contributed by atoms with Crippen LogP contribution in [0.15, 0.2) is 22.8 Å². The summed E-state index contributed by atoms with van der Waals surface area (Å²) in [6.45, 7) is 4.02. The largest absolute Gasteiger partial charge is 0.468 e. The first kappa shape index (κ1) is 16.9.